The molecule has 2 aromatic carbocycles. The van der Waals surface area contributed by atoms with Crippen LogP contribution in [0.4, 0.5) is 4.79 Å². The molecule has 8 nitrogen and oxygen atoms in total. The molecule has 0 amide bonds. The van der Waals surface area contributed by atoms with Crippen LogP contribution < -0.4 is 14.2 Å². The highest BCUT2D eigenvalue weighted by Crippen LogP contribution is 2.46. The number of thiazole rings is 1. The lowest BCUT2D eigenvalue weighted by molar-refractivity contribution is 0.0412. The van der Waals surface area contributed by atoms with E-state index in [1.54, 1.807) is 13.3 Å². The molecule has 0 radical (unpaired) electrons. The number of methoxy groups -OCH3 is 1. The van der Waals surface area contributed by atoms with Crippen molar-refractivity contribution in [3.63, 3.8) is 0 Å². The number of nitrogens with zero attached hydrogens (tertiary/aromatic N) is 3. The van der Waals surface area contributed by atoms with Crippen molar-refractivity contribution in [3.05, 3.63) is 35.5 Å². The molecule has 0 unspecified atom stereocenters. The first-order chi connectivity index (χ1) is 15.4. The first-order valence-corrected chi connectivity index (χ1v) is 11.0. The summed E-state index contributed by atoms with van der Waals surface area (Å²) in [5.41, 5.74) is 4.36. The van der Waals surface area contributed by atoms with Crippen LogP contribution >= 0.6 is 22.9 Å². The maximum atomic E-state index is 10.9. The predicted octanol–water partition coefficient (Wildman–Crippen LogP) is 5.05. The second kappa shape index (κ2) is 8.07. The molecule has 0 aliphatic carbocycles. The lowest BCUT2D eigenvalue weighted by Crippen LogP contribution is -2.33. The average Bonchev–Trinajstić information content (AvgIpc) is 3.22. The Morgan fingerprint density at radius 2 is 2.09 bits per heavy atom. The zero-order valence-corrected chi connectivity index (χ0v) is 19.0. The van der Waals surface area contributed by atoms with Crippen molar-refractivity contribution < 1.29 is 23.7 Å². The summed E-state index contributed by atoms with van der Waals surface area (Å²) in [5, 5.41) is 0.812. The second-order valence-electron chi connectivity index (χ2n) is 7.41. The molecule has 1 aliphatic heterocycles. The highest BCUT2D eigenvalue weighted by atomic mass is 35.5. The van der Waals surface area contributed by atoms with Crippen LogP contribution in [-0.2, 0) is 4.74 Å². The fourth-order valence-electron chi connectivity index (χ4n) is 3.66. The smallest absolute Gasteiger partial charge is 0.403 e. The van der Waals surface area contributed by atoms with Crippen LogP contribution in [0.5, 0.6) is 17.4 Å². The third-order valence-corrected chi connectivity index (χ3v) is 6.27. The van der Waals surface area contributed by atoms with Gasteiger partial charge in [-0.1, -0.05) is 0 Å². The van der Waals surface area contributed by atoms with Crippen LogP contribution in [-0.4, -0.2) is 46.8 Å². The monoisotopic (exact) mass is 471 g/mol. The Hall–Kier alpha value is -3.17. The van der Waals surface area contributed by atoms with E-state index in [-0.39, 0.29) is 13.2 Å². The molecule has 32 heavy (non-hydrogen) atoms. The minimum atomic E-state index is -0.871. The van der Waals surface area contributed by atoms with Crippen molar-refractivity contribution in [1.82, 2.24) is 15.0 Å². The van der Waals surface area contributed by atoms with E-state index >= 15 is 0 Å². The standard InChI is InChI=1S/C22H18ClN3O5S/c1-10-4-13(18-14(5-10)25-16(28-3)7-24-18)21-26-17-11(2)6-15-19(20(17)32-21)29-8-12(31-15)9-30-22(23)27/h4-7,12H,8-9H2,1-3H3/t12-/m1/s1. The summed E-state index contributed by atoms with van der Waals surface area (Å²) in [4.78, 5) is 24.9. The molecule has 1 aliphatic rings. The molecule has 0 bridgehead atoms. The Bertz CT molecular complexity index is 1370. The largest absolute Gasteiger partial charge is 0.484 e. The lowest BCUT2D eigenvalue weighted by Gasteiger charge is -2.26. The summed E-state index contributed by atoms with van der Waals surface area (Å²) in [7, 11) is 1.57. The molecular weight excluding hydrogens is 454 g/mol. The van der Waals surface area contributed by atoms with Gasteiger partial charge in [0.15, 0.2) is 17.6 Å². The number of carbonyl (C=O) groups excluding carboxylic acids is 1. The van der Waals surface area contributed by atoms with Gasteiger partial charge in [-0.3, -0.25) is 0 Å². The molecule has 0 saturated heterocycles. The van der Waals surface area contributed by atoms with E-state index < -0.39 is 11.5 Å². The predicted molar refractivity (Wildman–Crippen MR) is 121 cm³/mol. The number of aryl methyl sites for hydroxylation is 2. The zero-order valence-electron chi connectivity index (χ0n) is 17.5. The molecule has 4 aromatic rings. The van der Waals surface area contributed by atoms with Crippen LogP contribution in [0.15, 0.2) is 24.4 Å². The summed E-state index contributed by atoms with van der Waals surface area (Å²) >= 11 is 6.76. The highest BCUT2D eigenvalue weighted by molar-refractivity contribution is 7.22. The highest BCUT2D eigenvalue weighted by Gasteiger charge is 2.27. The fraction of sp³-hybridized carbons (Fsp3) is 0.273. The van der Waals surface area contributed by atoms with Gasteiger partial charge < -0.3 is 18.9 Å². The van der Waals surface area contributed by atoms with E-state index in [2.05, 4.69) is 16.0 Å². The number of ether oxygens (including phenoxy) is 4. The van der Waals surface area contributed by atoms with Gasteiger partial charge in [0, 0.05) is 17.2 Å². The molecule has 0 fully saturated rings. The Labute approximate surface area is 192 Å². The third-order valence-electron chi connectivity index (χ3n) is 5.08. The summed E-state index contributed by atoms with van der Waals surface area (Å²) in [5.74, 6) is 1.68. The quantitative estimate of drug-likeness (QED) is 0.382. The van der Waals surface area contributed by atoms with E-state index in [1.807, 2.05) is 26.0 Å². The van der Waals surface area contributed by atoms with E-state index in [0.29, 0.717) is 17.4 Å². The average molecular weight is 472 g/mol. The van der Waals surface area contributed by atoms with Crippen molar-refractivity contribution >= 4 is 49.6 Å². The van der Waals surface area contributed by atoms with Crippen LogP contribution in [0.25, 0.3) is 31.8 Å². The number of halogens is 1. The SMILES string of the molecule is COc1cnc2c(-c3nc4c(C)cc5c(c4s3)OC[C@H](COC(=O)Cl)O5)cc(C)cc2n1. The minimum Gasteiger partial charge on any atom is -0.484 e. The normalized spacial score (nSPS) is 15.2. The molecule has 3 heterocycles. The number of carbonyl (C=O) groups is 1. The van der Waals surface area contributed by atoms with Crippen molar-refractivity contribution in [2.75, 3.05) is 20.3 Å². The van der Waals surface area contributed by atoms with Crippen LogP contribution in [0.3, 0.4) is 0 Å². The van der Waals surface area contributed by atoms with E-state index in [4.69, 9.17) is 35.5 Å². The molecule has 10 heteroatoms. The summed E-state index contributed by atoms with van der Waals surface area (Å²) in [6.45, 7) is 4.23. The first kappa shape index (κ1) is 20.7. The van der Waals surface area contributed by atoms with Gasteiger partial charge in [0.1, 0.15) is 22.9 Å². The lowest BCUT2D eigenvalue weighted by atomic mass is 10.1. The summed E-state index contributed by atoms with van der Waals surface area (Å²) < 4.78 is 22.9. The number of fused-ring (bicyclic) bond motifs is 4. The molecule has 164 valence electrons. The van der Waals surface area contributed by atoms with Gasteiger partial charge in [-0.25, -0.2) is 19.7 Å². The van der Waals surface area contributed by atoms with Gasteiger partial charge in [0.25, 0.3) is 0 Å². The van der Waals surface area contributed by atoms with Gasteiger partial charge in [-0.2, -0.15) is 0 Å². The Morgan fingerprint density at radius 3 is 2.88 bits per heavy atom. The third kappa shape index (κ3) is 3.67. The second-order valence-corrected chi connectivity index (χ2v) is 8.72. The van der Waals surface area contributed by atoms with Crippen molar-refractivity contribution in [3.8, 4) is 28.0 Å². The maximum absolute atomic E-state index is 10.9. The number of hydrogen-bond donors (Lipinski definition) is 0. The molecular formula is C22H18ClN3O5S. The number of hydrogen-bond acceptors (Lipinski definition) is 9. The molecule has 0 spiro atoms. The summed E-state index contributed by atoms with van der Waals surface area (Å²) in [6, 6.07) is 5.91. The minimum absolute atomic E-state index is 0.0181. The molecule has 0 saturated carbocycles. The van der Waals surface area contributed by atoms with Gasteiger partial charge in [0.05, 0.1) is 29.9 Å². The van der Waals surface area contributed by atoms with Gasteiger partial charge >= 0.3 is 5.43 Å². The van der Waals surface area contributed by atoms with Gasteiger partial charge in [-0.05, 0) is 43.2 Å². The topological polar surface area (TPSA) is 92.7 Å². The Balaban J connectivity index is 1.59. The van der Waals surface area contributed by atoms with Gasteiger partial charge in [0.2, 0.25) is 5.88 Å². The fourth-order valence-corrected chi connectivity index (χ4v) is 4.88. The first-order valence-electron chi connectivity index (χ1n) is 9.80. The van der Waals surface area contributed by atoms with E-state index in [0.717, 1.165) is 42.9 Å². The van der Waals surface area contributed by atoms with Crippen molar-refractivity contribution in [2.45, 2.75) is 20.0 Å². The van der Waals surface area contributed by atoms with E-state index in [1.165, 1.54) is 11.3 Å². The van der Waals surface area contributed by atoms with Crippen LogP contribution in [0, 0.1) is 13.8 Å². The van der Waals surface area contributed by atoms with Crippen molar-refractivity contribution in [2.24, 2.45) is 0 Å². The molecule has 5 rings (SSSR count). The summed E-state index contributed by atoms with van der Waals surface area (Å²) in [6.07, 6.45) is 1.17. The molecule has 0 N–H and O–H groups in total. The van der Waals surface area contributed by atoms with Crippen LogP contribution in [0.1, 0.15) is 11.1 Å². The number of aromatic nitrogens is 3. The Morgan fingerprint density at radius 1 is 1.25 bits per heavy atom. The van der Waals surface area contributed by atoms with Crippen molar-refractivity contribution in [1.29, 1.82) is 0 Å². The van der Waals surface area contributed by atoms with Crippen LogP contribution in [0.2, 0.25) is 0 Å². The number of rotatable bonds is 4. The van der Waals surface area contributed by atoms with Gasteiger partial charge in [-0.15, -0.1) is 11.3 Å². The Kier molecular flexibility index (Phi) is 5.22. The molecule has 2 aromatic heterocycles. The maximum Gasteiger partial charge on any atom is 0.403 e. The number of benzene rings is 2. The zero-order chi connectivity index (χ0) is 22.4. The van der Waals surface area contributed by atoms with E-state index in [9.17, 15) is 4.79 Å². The molecule has 1 atom stereocenters.